The number of carbonyl (C=O) groups is 2. The normalized spacial score (nSPS) is 26.3. The molecular weight excluding hydrogens is 440 g/mol. The lowest BCUT2D eigenvalue weighted by Gasteiger charge is -2.32. The van der Waals surface area contributed by atoms with E-state index in [9.17, 15) is 14.7 Å². The van der Waals surface area contributed by atoms with Crippen LogP contribution in [-0.2, 0) is 14.3 Å². The number of fused-ring (bicyclic) bond motifs is 3. The number of ether oxygens (including phenoxy) is 1. The zero-order valence-electron chi connectivity index (χ0n) is 20.3. The average Bonchev–Trinajstić information content (AvgIpc) is 3.39. The van der Waals surface area contributed by atoms with Gasteiger partial charge in [-0.15, -0.1) is 0 Å². The Labute approximate surface area is 206 Å². The molecule has 3 aliphatic rings. The summed E-state index contributed by atoms with van der Waals surface area (Å²) in [6.07, 6.45) is 7.76. The van der Waals surface area contributed by atoms with Gasteiger partial charge in [-0.2, -0.15) is 0 Å². The molecule has 1 N–H and O–H groups in total. The lowest BCUT2D eigenvalue weighted by Crippen LogP contribution is -2.34. The zero-order valence-corrected chi connectivity index (χ0v) is 20.3. The molecule has 4 atom stereocenters. The van der Waals surface area contributed by atoms with Crippen LogP contribution in [0.15, 0.2) is 59.8 Å². The number of hydrogen-bond donors (Lipinski definition) is 1. The Morgan fingerprint density at radius 3 is 2.69 bits per heavy atom. The van der Waals surface area contributed by atoms with E-state index in [1.807, 2.05) is 42.5 Å². The Kier molecular flexibility index (Phi) is 6.56. The molecule has 2 aliphatic heterocycles. The van der Waals surface area contributed by atoms with Crippen molar-refractivity contribution >= 4 is 23.5 Å². The smallest absolute Gasteiger partial charge is 0.233 e. The van der Waals surface area contributed by atoms with Crippen molar-refractivity contribution in [2.75, 3.05) is 13.7 Å². The van der Waals surface area contributed by atoms with Crippen LogP contribution in [0.25, 0.3) is 11.6 Å². The number of para-hydroxylation sites is 1. The number of pyridine rings is 1. The van der Waals surface area contributed by atoms with Crippen molar-refractivity contribution in [3.63, 3.8) is 0 Å². The molecule has 0 radical (unpaired) electrons. The first-order chi connectivity index (χ1) is 17.0. The number of imide groups is 1. The summed E-state index contributed by atoms with van der Waals surface area (Å²) in [7, 11) is 1.61. The second kappa shape index (κ2) is 9.78. The minimum Gasteiger partial charge on any atom is -0.507 e. The highest BCUT2D eigenvalue weighted by Crippen LogP contribution is 2.50. The highest BCUT2D eigenvalue weighted by atomic mass is 16.5. The van der Waals surface area contributed by atoms with Crippen molar-refractivity contribution in [3.8, 4) is 5.75 Å². The molecular formula is C29H32N2O4. The van der Waals surface area contributed by atoms with E-state index in [1.165, 1.54) is 16.0 Å². The van der Waals surface area contributed by atoms with Gasteiger partial charge in [0, 0.05) is 24.7 Å². The molecule has 2 fully saturated rings. The molecule has 0 unspecified atom stereocenters. The maximum atomic E-state index is 12.9. The van der Waals surface area contributed by atoms with Gasteiger partial charge in [0.2, 0.25) is 11.8 Å². The van der Waals surface area contributed by atoms with Crippen LogP contribution in [0.3, 0.4) is 0 Å². The topological polar surface area (TPSA) is 79.7 Å². The van der Waals surface area contributed by atoms with Gasteiger partial charge in [0.25, 0.3) is 0 Å². The van der Waals surface area contributed by atoms with Gasteiger partial charge < -0.3 is 9.84 Å². The number of benzene rings is 1. The number of nitrogens with zero attached hydrogens (tertiary/aromatic N) is 2. The monoisotopic (exact) mass is 472 g/mol. The van der Waals surface area contributed by atoms with E-state index in [0.717, 1.165) is 36.1 Å². The Hall–Kier alpha value is -3.25. The maximum Gasteiger partial charge on any atom is 0.233 e. The first-order valence-electron chi connectivity index (χ1n) is 12.5. The molecule has 2 aromatic rings. The fourth-order valence-corrected chi connectivity index (χ4v) is 6.08. The van der Waals surface area contributed by atoms with Crippen LogP contribution in [0.5, 0.6) is 5.75 Å². The minimum atomic E-state index is -0.292. The van der Waals surface area contributed by atoms with Gasteiger partial charge in [-0.3, -0.25) is 19.5 Å². The number of hydrogen-bond acceptors (Lipinski definition) is 5. The van der Waals surface area contributed by atoms with Crippen molar-refractivity contribution in [3.05, 3.63) is 71.1 Å². The van der Waals surface area contributed by atoms with Crippen molar-refractivity contribution in [1.82, 2.24) is 9.88 Å². The van der Waals surface area contributed by atoms with Crippen LogP contribution in [0.2, 0.25) is 0 Å². The highest BCUT2D eigenvalue weighted by molar-refractivity contribution is 6.05. The lowest BCUT2D eigenvalue weighted by atomic mass is 9.68. The number of phenolic OH excluding ortho intramolecular Hbond substituents is 1. The van der Waals surface area contributed by atoms with Crippen molar-refractivity contribution in [1.29, 1.82) is 0 Å². The number of allylic oxidation sites excluding steroid dienone is 2. The van der Waals surface area contributed by atoms with Crippen molar-refractivity contribution in [2.24, 2.45) is 17.8 Å². The molecule has 0 saturated carbocycles. The Bertz CT molecular complexity index is 1190. The quantitative estimate of drug-likeness (QED) is 0.460. The fraction of sp³-hybridized carbons (Fsp3) is 0.414. The van der Waals surface area contributed by atoms with E-state index in [-0.39, 0.29) is 41.4 Å². The van der Waals surface area contributed by atoms with Crippen LogP contribution in [-0.4, -0.2) is 46.6 Å². The SMILES string of the molecule is CCCC1=C2[C@@H](CC/C(=C/c3ccccc3O)c3ccccn3)OC[C@@H]2[C@@H]2C(=O)N(C)C(=O)[C@@H]2C1. The van der Waals surface area contributed by atoms with Crippen LogP contribution >= 0.6 is 0 Å². The number of amides is 2. The first kappa shape index (κ1) is 23.5. The summed E-state index contributed by atoms with van der Waals surface area (Å²) in [5.74, 6) is -0.412. The molecule has 1 aromatic heterocycles. The van der Waals surface area contributed by atoms with Gasteiger partial charge in [-0.25, -0.2) is 0 Å². The molecule has 182 valence electrons. The third-order valence-corrected chi connectivity index (χ3v) is 7.72. The molecule has 6 heteroatoms. The summed E-state index contributed by atoms with van der Waals surface area (Å²) >= 11 is 0. The largest absolute Gasteiger partial charge is 0.507 e. The Morgan fingerprint density at radius 1 is 1.14 bits per heavy atom. The van der Waals surface area contributed by atoms with Crippen molar-refractivity contribution in [2.45, 2.75) is 45.1 Å². The third-order valence-electron chi connectivity index (χ3n) is 7.72. The summed E-state index contributed by atoms with van der Waals surface area (Å²) in [4.78, 5) is 31.6. The third kappa shape index (κ3) is 4.31. The number of likely N-dealkylation sites (tertiary alicyclic amines) is 1. The van der Waals surface area contributed by atoms with Crippen LogP contribution < -0.4 is 0 Å². The average molecular weight is 473 g/mol. The second-order valence-electron chi connectivity index (χ2n) is 9.79. The van der Waals surface area contributed by atoms with Crippen LogP contribution in [0.1, 0.15) is 50.3 Å². The van der Waals surface area contributed by atoms with E-state index in [0.29, 0.717) is 19.4 Å². The van der Waals surface area contributed by atoms with Gasteiger partial charge in [0.05, 0.1) is 30.2 Å². The summed E-state index contributed by atoms with van der Waals surface area (Å²) in [6, 6.07) is 13.1. The van der Waals surface area contributed by atoms with E-state index in [4.69, 9.17) is 4.74 Å². The number of aromatic nitrogens is 1. The van der Waals surface area contributed by atoms with E-state index >= 15 is 0 Å². The second-order valence-corrected chi connectivity index (χ2v) is 9.79. The number of aromatic hydroxyl groups is 1. The van der Waals surface area contributed by atoms with Gasteiger partial charge >= 0.3 is 0 Å². The summed E-state index contributed by atoms with van der Waals surface area (Å²) in [5, 5.41) is 10.3. The number of carbonyl (C=O) groups excluding carboxylic acids is 2. The Balaban J connectivity index is 1.44. The van der Waals surface area contributed by atoms with Gasteiger partial charge in [0.1, 0.15) is 5.75 Å². The van der Waals surface area contributed by atoms with E-state index in [2.05, 4.69) is 11.9 Å². The van der Waals surface area contributed by atoms with Crippen LogP contribution in [0.4, 0.5) is 0 Å². The lowest BCUT2D eigenvalue weighted by molar-refractivity contribution is -0.138. The number of rotatable bonds is 7. The molecule has 2 saturated heterocycles. The highest BCUT2D eigenvalue weighted by Gasteiger charge is 2.55. The van der Waals surface area contributed by atoms with Gasteiger partial charge in [0.15, 0.2) is 0 Å². The predicted molar refractivity (Wildman–Crippen MR) is 134 cm³/mol. The number of phenols is 1. The van der Waals surface area contributed by atoms with Crippen molar-refractivity contribution < 1.29 is 19.4 Å². The molecule has 0 spiro atoms. The molecule has 35 heavy (non-hydrogen) atoms. The Morgan fingerprint density at radius 2 is 1.94 bits per heavy atom. The maximum absolute atomic E-state index is 12.9. The summed E-state index contributed by atoms with van der Waals surface area (Å²) in [6.45, 7) is 2.64. The molecule has 1 aromatic carbocycles. The first-order valence-corrected chi connectivity index (χ1v) is 12.5. The van der Waals surface area contributed by atoms with Gasteiger partial charge in [-0.1, -0.05) is 43.2 Å². The molecule has 0 bridgehead atoms. The van der Waals surface area contributed by atoms with Gasteiger partial charge in [-0.05, 0) is 61.1 Å². The zero-order chi connectivity index (χ0) is 24.5. The van der Waals surface area contributed by atoms with Crippen LogP contribution in [0, 0.1) is 17.8 Å². The molecule has 5 rings (SSSR count). The summed E-state index contributed by atoms with van der Waals surface area (Å²) in [5.41, 5.74) is 5.21. The molecule has 6 nitrogen and oxygen atoms in total. The van der Waals surface area contributed by atoms with E-state index in [1.54, 1.807) is 19.3 Å². The van der Waals surface area contributed by atoms with E-state index < -0.39 is 0 Å². The minimum absolute atomic E-state index is 0.0119. The standard InChI is InChI=1S/C29H32N2O4/c1-3-8-20-16-21-27(29(34)31(2)28(21)33)22-17-35-25(26(20)22)13-12-18(23-10-6-7-14-30-23)15-19-9-4-5-11-24(19)32/h4-7,9-11,14-15,21-22,25,27,32H,3,8,12-13,16-17H2,1-2H3/b18-15-/t21-,22+,25-,27-/m1/s1. The molecule has 1 aliphatic carbocycles. The fourth-order valence-electron chi connectivity index (χ4n) is 6.08. The molecule has 2 amide bonds. The molecule has 3 heterocycles. The predicted octanol–water partition coefficient (Wildman–Crippen LogP) is 4.85. The summed E-state index contributed by atoms with van der Waals surface area (Å²) < 4.78 is 6.33.